The average Bonchev–Trinajstić information content (AvgIpc) is 3.04. The molecule has 150 valence electrons. The minimum absolute atomic E-state index is 0.159. The van der Waals surface area contributed by atoms with E-state index in [2.05, 4.69) is 10.3 Å². The van der Waals surface area contributed by atoms with E-state index < -0.39 is 10.0 Å². The van der Waals surface area contributed by atoms with Crippen molar-refractivity contribution in [3.63, 3.8) is 0 Å². The van der Waals surface area contributed by atoms with E-state index in [9.17, 15) is 13.2 Å². The second-order valence-corrected chi connectivity index (χ2v) is 9.11. The van der Waals surface area contributed by atoms with E-state index in [0.717, 1.165) is 36.6 Å². The molecular weight excluding hydrogens is 386 g/mol. The standard InChI is InChI=1S/C22H23N3O3S/c26-22(24-21-12-6-11-20-19(21)10-7-13-23-20)17-8-5-9-18(16-17)29(27,28)25-14-3-1-2-4-15-25/h5-13,16H,1-4,14-15H2,(H,24,26). The third-order valence-corrected chi connectivity index (χ3v) is 7.09. The van der Waals surface area contributed by atoms with E-state index in [4.69, 9.17) is 0 Å². The molecule has 1 amide bonds. The lowest BCUT2D eigenvalue weighted by Gasteiger charge is -2.20. The highest BCUT2D eigenvalue weighted by Gasteiger charge is 2.25. The highest BCUT2D eigenvalue weighted by molar-refractivity contribution is 7.89. The van der Waals surface area contributed by atoms with Crippen molar-refractivity contribution in [1.29, 1.82) is 0 Å². The number of anilines is 1. The topological polar surface area (TPSA) is 79.4 Å². The number of aromatic nitrogens is 1. The molecule has 3 aromatic rings. The number of carbonyl (C=O) groups is 1. The summed E-state index contributed by atoms with van der Waals surface area (Å²) in [7, 11) is -3.61. The average molecular weight is 410 g/mol. The number of amides is 1. The van der Waals surface area contributed by atoms with Crippen molar-refractivity contribution in [1.82, 2.24) is 9.29 Å². The van der Waals surface area contributed by atoms with E-state index in [-0.39, 0.29) is 10.8 Å². The van der Waals surface area contributed by atoms with Gasteiger partial charge in [0.2, 0.25) is 10.0 Å². The summed E-state index contributed by atoms with van der Waals surface area (Å²) in [5.74, 6) is -0.353. The van der Waals surface area contributed by atoms with Gasteiger partial charge in [0, 0.05) is 30.2 Å². The van der Waals surface area contributed by atoms with Crippen molar-refractivity contribution < 1.29 is 13.2 Å². The molecule has 1 N–H and O–H groups in total. The zero-order chi connectivity index (χ0) is 20.3. The number of sulfonamides is 1. The molecule has 7 heteroatoms. The summed E-state index contributed by atoms with van der Waals surface area (Å²) in [5, 5.41) is 3.71. The second-order valence-electron chi connectivity index (χ2n) is 7.18. The molecule has 0 unspecified atom stereocenters. The van der Waals surface area contributed by atoms with Crippen LogP contribution in [-0.4, -0.2) is 36.7 Å². The van der Waals surface area contributed by atoms with E-state index in [1.54, 1.807) is 30.5 Å². The van der Waals surface area contributed by atoms with Crippen LogP contribution >= 0.6 is 0 Å². The smallest absolute Gasteiger partial charge is 0.255 e. The van der Waals surface area contributed by atoms with Crippen LogP contribution in [0.15, 0.2) is 65.7 Å². The number of nitrogens with one attached hydrogen (secondary N) is 1. The van der Waals surface area contributed by atoms with Crippen LogP contribution in [0.3, 0.4) is 0 Å². The van der Waals surface area contributed by atoms with Crippen LogP contribution < -0.4 is 5.32 Å². The predicted octanol–water partition coefficient (Wildman–Crippen LogP) is 4.05. The van der Waals surface area contributed by atoms with Gasteiger partial charge in [0.25, 0.3) is 5.91 Å². The molecule has 2 aromatic carbocycles. The zero-order valence-corrected chi connectivity index (χ0v) is 16.9. The first kappa shape index (κ1) is 19.5. The number of pyridine rings is 1. The molecule has 0 saturated carbocycles. The van der Waals surface area contributed by atoms with Gasteiger partial charge in [0.1, 0.15) is 0 Å². The van der Waals surface area contributed by atoms with Crippen molar-refractivity contribution in [3.05, 3.63) is 66.4 Å². The van der Waals surface area contributed by atoms with Crippen LogP contribution in [0.5, 0.6) is 0 Å². The summed E-state index contributed by atoms with van der Waals surface area (Å²) in [6, 6.07) is 15.5. The Morgan fingerprint density at radius 2 is 1.69 bits per heavy atom. The number of carbonyl (C=O) groups excluding carboxylic acids is 1. The van der Waals surface area contributed by atoms with Gasteiger partial charge in [-0.3, -0.25) is 9.78 Å². The fourth-order valence-corrected chi connectivity index (χ4v) is 5.20. The van der Waals surface area contributed by atoms with E-state index in [1.165, 1.54) is 10.4 Å². The Kier molecular flexibility index (Phi) is 5.60. The minimum atomic E-state index is -3.61. The maximum atomic E-state index is 13.0. The molecule has 6 nitrogen and oxygen atoms in total. The van der Waals surface area contributed by atoms with Gasteiger partial charge >= 0.3 is 0 Å². The van der Waals surface area contributed by atoms with Gasteiger partial charge in [-0.05, 0) is 55.3 Å². The van der Waals surface area contributed by atoms with Gasteiger partial charge in [-0.15, -0.1) is 0 Å². The Balaban J connectivity index is 1.60. The van der Waals surface area contributed by atoms with Crippen LogP contribution in [0.4, 0.5) is 5.69 Å². The van der Waals surface area contributed by atoms with Gasteiger partial charge in [-0.25, -0.2) is 8.42 Å². The van der Waals surface area contributed by atoms with Gasteiger partial charge in [0.15, 0.2) is 0 Å². The van der Waals surface area contributed by atoms with Crippen molar-refractivity contribution in [2.24, 2.45) is 0 Å². The summed E-state index contributed by atoms with van der Waals surface area (Å²) in [5.41, 5.74) is 1.73. The van der Waals surface area contributed by atoms with Crippen LogP contribution in [0, 0.1) is 0 Å². The third kappa shape index (κ3) is 4.16. The normalized spacial score (nSPS) is 15.7. The number of nitrogens with zero attached hydrogens (tertiary/aromatic N) is 2. The Labute approximate surface area is 170 Å². The first-order chi connectivity index (χ1) is 14.1. The fraction of sp³-hybridized carbons (Fsp3) is 0.273. The summed E-state index contributed by atoms with van der Waals surface area (Å²) in [6.45, 7) is 1.06. The highest BCUT2D eigenvalue weighted by Crippen LogP contribution is 2.24. The van der Waals surface area contributed by atoms with Crippen LogP contribution in [0.1, 0.15) is 36.0 Å². The Morgan fingerprint density at radius 1 is 0.931 bits per heavy atom. The van der Waals surface area contributed by atoms with Crippen molar-refractivity contribution in [2.45, 2.75) is 30.6 Å². The molecule has 1 saturated heterocycles. The van der Waals surface area contributed by atoms with E-state index in [1.807, 2.05) is 24.3 Å². The largest absolute Gasteiger partial charge is 0.321 e. The maximum Gasteiger partial charge on any atom is 0.255 e. The molecule has 0 spiro atoms. The first-order valence-electron chi connectivity index (χ1n) is 9.81. The molecule has 29 heavy (non-hydrogen) atoms. The Hall–Kier alpha value is -2.77. The molecule has 4 rings (SSSR count). The quantitative estimate of drug-likeness (QED) is 0.705. The molecule has 1 aliphatic heterocycles. The van der Waals surface area contributed by atoms with Crippen LogP contribution in [0.2, 0.25) is 0 Å². The SMILES string of the molecule is O=C(Nc1cccc2ncccc12)c1cccc(S(=O)(=O)N2CCCCCC2)c1. The van der Waals surface area contributed by atoms with Crippen molar-refractivity contribution >= 4 is 32.5 Å². The van der Waals surface area contributed by atoms with E-state index >= 15 is 0 Å². The van der Waals surface area contributed by atoms with Crippen LogP contribution in [-0.2, 0) is 10.0 Å². The summed E-state index contributed by atoms with van der Waals surface area (Å²) in [4.78, 5) is 17.3. The summed E-state index contributed by atoms with van der Waals surface area (Å²) >= 11 is 0. The molecule has 2 heterocycles. The predicted molar refractivity (Wildman–Crippen MR) is 113 cm³/mol. The van der Waals surface area contributed by atoms with Crippen molar-refractivity contribution in [2.75, 3.05) is 18.4 Å². The molecular formula is C22H23N3O3S. The Bertz CT molecular complexity index is 1130. The molecule has 1 fully saturated rings. The van der Waals surface area contributed by atoms with E-state index in [0.29, 0.717) is 24.3 Å². The number of hydrogen-bond acceptors (Lipinski definition) is 4. The van der Waals surface area contributed by atoms with Crippen molar-refractivity contribution in [3.8, 4) is 0 Å². The molecule has 0 atom stereocenters. The molecule has 1 aliphatic rings. The maximum absolute atomic E-state index is 13.0. The molecule has 0 radical (unpaired) electrons. The number of fused-ring (bicyclic) bond motifs is 1. The number of rotatable bonds is 4. The lowest BCUT2D eigenvalue weighted by molar-refractivity contribution is 0.102. The van der Waals surface area contributed by atoms with Gasteiger partial charge in [-0.1, -0.05) is 25.0 Å². The first-order valence-corrected chi connectivity index (χ1v) is 11.2. The second kappa shape index (κ2) is 8.31. The number of benzene rings is 2. The lowest BCUT2D eigenvalue weighted by Crippen LogP contribution is -2.32. The van der Waals surface area contributed by atoms with Gasteiger partial charge in [0.05, 0.1) is 16.1 Å². The zero-order valence-electron chi connectivity index (χ0n) is 16.0. The molecule has 1 aromatic heterocycles. The fourth-order valence-electron chi connectivity index (χ4n) is 3.64. The number of hydrogen-bond donors (Lipinski definition) is 1. The van der Waals surface area contributed by atoms with Crippen LogP contribution in [0.25, 0.3) is 10.9 Å². The van der Waals surface area contributed by atoms with Gasteiger partial charge in [-0.2, -0.15) is 4.31 Å². The minimum Gasteiger partial charge on any atom is -0.321 e. The third-order valence-electron chi connectivity index (χ3n) is 5.19. The summed E-state index contributed by atoms with van der Waals surface area (Å²) < 4.78 is 27.6. The highest BCUT2D eigenvalue weighted by atomic mass is 32.2. The molecule has 0 aliphatic carbocycles. The monoisotopic (exact) mass is 409 g/mol. The summed E-state index contributed by atoms with van der Waals surface area (Å²) in [6.07, 6.45) is 5.54. The van der Waals surface area contributed by atoms with Gasteiger partial charge < -0.3 is 5.32 Å². The lowest BCUT2D eigenvalue weighted by atomic mass is 10.1. The Morgan fingerprint density at radius 3 is 2.48 bits per heavy atom. The molecule has 0 bridgehead atoms.